The SMILES string of the molecule is CC(N)=NC(C)c1ccc(Br)cc1. The van der Waals surface area contributed by atoms with Crippen molar-refractivity contribution in [1.29, 1.82) is 0 Å². The number of aliphatic imine (C=N–C) groups is 1. The molecular weight excluding hydrogens is 228 g/mol. The summed E-state index contributed by atoms with van der Waals surface area (Å²) < 4.78 is 1.08. The second kappa shape index (κ2) is 4.42. The lowest BCUT2D eigenvalue weighted by atomic mass is 10.1. The number of nitrogens with two attached hydrogens (primary N) is 1. The van der Waals surface area contributed by atoms with Crippen LogP contribution in [-0.4, -0.2) is 5.84 Å². The summed E-state index contributed by atoms with van der Waals surface area (Å²) in [6.45, 7) is 3.83. The van der Waals surface area contributed by atoms with Gasteiger partial charge in [0.25, 0.3) is 0 Å². The minimum Gasteiger partial charge on any atom is -0.388 e. The van der Waals surface area contributed by atoms with Gasteiger partial charge in [-0.3, -0.25) is 4.99 Å². The van der Waals surface area contributed by atoms with Gasteiger partial charge in [0.05, 0.1) is 11.9 Å². The highest BCUT2D eigenvalue weighted by molar-refractivity contribution is 9.10. The fraction of sp³-hybridized carbons (Fsp3) is 0.300. The molecule has 2 N–H and O–H groups in total. The van der Waals surface area contributed by atoms with Gasteiger partial charge in [-0.25, -0.2) is 0 Å². The molecule has 70 valence electrons. The molecule has 0 aliphatic carbocycles. The number of rotatable bonds is 2. The van der Waals surface area contributed by atoms with Gasteiger partial charge in [0, 0.05) is 4.47 Å². The average molecular weight is 241 g/mol. The summed E-state index contributed by atoms with van der Waals surface area (Å²) in [6.07, 6.45) is 0. The molecule has 13 heavy (non-hydrogen) atoms. The maximum Gasteiger partial charge on any atom is 0.0913 e. The Hall–Kier alpha value is -0.830. The lowest BCUT2D eigenvalue weighted by Crippen LogP contribution is -2.07. The van der Waals surface area contributed by atoms with Crippen LogP contribution in [-0.2, 0) is 0 Å². The highest BCUT2D eigenvalue weighted by Gasteiger charge is 2.01. The second-order valence-electron chi connectivity index (χ2n) is 3.00. The zero-order chi connectivity index (χ0) is 9.84. The third-order valence-corrected chi connectivity index (χ3v) is 2.28. The zero-order valence-corrected chi connectivity index (χ0v) is 9.38. The van der Waals surface area contributed by atoms with Crippen LogP contribution in [0.1, 0.15) is 25.5 Å². The normalized spacial score (nSPS) is 14.2. The van der Waals surface area contributed by atoms with Crippen molar-refractivity contribution >= 4 is 21.8 Å². The van der Waals surface area contributed by atoms with E-state index in [1.165, 1.54) is 5.56 Å². The molecular formula is C10H13BrN2. The first-order valence-corrected chi connectivity index (χ1v) is 4.94. The second-order valence-corrected chi connectivity index (χ2v) is 3.91. The molecule has 1 rings (SSSR count). The van der Waals surface area contributed by atoms with Crippen molar-refractivity contribution < 1.29 is 0 Å². The summed E-state index contributed by atoms with van der Waals surface area (Å²) in [5, 5.41) is 0. The number of hydrogen-bond acceptors (Lipinski definition) is 1. The number of benzene rings is 1. The Labute approximate surface area is 87.0 Å². The van der Waals surface area contributed by atoms with Gasteiger partial charge in [-0.2, -0.15) is 0 Å². The molecule has 1 aromatic carbocycles. The molecule has 0 radical (unpaired) electrons. The van der Waals surface area contributed by atoms with Crippen molar-refractivity contribution in [2.45, 2.75) is 19.9 Å². The van der Waals surface area contributed by atoms with Crippen LogP contribution in [0.25, 0.3) is 0 Å². The Morgan fingerprint density at radius 3 is 2.38 bits per heavy atom. The van der Waals surface area contributed by atoms with Crippen molar-refractivity contribution in [3.63, 3.8) is 0 Å². The van der Waals surface area contributed by atoms with Gasteiger partial charge in [0.15, 0.2) is 0 Å². The Morgan fingerprint density at radius 2 is 1.92 bits per heavy atom. The molecule has 1 unspecified atom stereocenters. The summed E-state index contributed by atoms with van der Waals surface area (Å²) in [7, 11) is 0. The molecule has 0 saturated carbocycles. The van der Waals surface area contributed by atoms with Gasteiger partial charge in [-0.15, -0.1) is 0 Å². The van der Waals surface area contributed by atoms with Crippen LogP contribution in [0.2, 0.25) is 0 Å². The minimum atomic E-state index is 0.137. The van der Waals surface area contributed by atoms with Gasteiger partial charge in [0.2, 0.25) is 0 Å². The minimum absolute atomic E-state index is 0.137. The van der Waals surface area contributed by atoms with E-state index < -0.39 is 0 Å². The first-order chi connectivity index (χ1) is 6.09. The van der Waals surface area contributed by atoms with E-state index >= 15 is 0 Å². The smallest absolute Gasteiger partial charge is 0.0913 e. The van der Waals surface area contributed by atoms with Crippen LogP contribution < -0.4 is 5.73 Å². The van der Waals surface area contributed by atoms with Crippen LogP contribution in [0, 0.1) is 0 Å². The molecule has 0 aromatic heterocycles. The van der Waals surface area contributed by atoms with Crippen LogP contribution in [0.5, 0.6) is 0 Å². The Balaban J connectivity index is 2.83. The lowest BCUT2D eigenvalue weighted by Gasteiger charge is -2.06. The van der Waals surface area contributed by atoms with Crippen LogP contribution in [0.3, 0.4) is 0 Å². The van der Waals surface area contributed by atoms with Crippen molar-refractivity contribution in [2.24, 2.45) is 10.7 Å². The van der Waals surface area contributed by atoms with Crippen molar-refractivity contribution in [2.75, 3.05) is 0 Å². The van der Waals surface area contributed by atoms with Gasteiger partial charge < -0.3 is 5.73 Å². The molecule has 1 atom stereocenters. The lowest BCUT2D eigenvalue weighted by molar-refractivity contribution is 0.817. The number of amidine groups is 1. The number of nitrogens with zero attached hydrogens (tertiary/aromatic N) is 1. The van der Waals surface area contributed by atoms with Crippen LogP contribution in [0.15, 0.2) is 33.7 Å². The Kier molecular flexibility index (Phi) is 3.48. The standard InChI is InChI=1S/C10H13BrN2/c1-7(13-8(2)12)9-3-5-10(11)6-4-9/h3-7H,1-2H3,(H2,12,13). The highest BCUT2D eigenvalue weighted by Crippen LogP contribution is 2.19. The molecule has 0 amide bonds. The molecule has 0 saturated heterocycles. The monoisotopic (exact) mass is 240 g/mol. The first kappa shape index (κ1) is 10.3. The van der Waals surface area contributed by atoms with Crippen LogP contribution in [0.4, 0.5) is 0 Å². The van der Waals surface area contributed by atoms with E-state index in [2.05, 4.69) is 20.9 Å². The Morgan fingerprint density at radius 1 is 1.38 bits per heavy atom. The topological polar surface area (TPSA) is 38.4 Å². The van der Waals surface area contributed by atoms with E-state index in [-0.39, 0.29) is 6.04 Å². The third-order valence-electron chi connectivity index (χ3n) is 1.75. The Bertz CT molecular complexity index is 299. The van der Waals surface area contributed by atoms with Gasteiger partial charge in [-0.05, 0) is 31.5 Å². The van der Waals surface area contributed by atoms with Crippen LogP contribution >= 0.6 is 15.9 Å². The largest absolute Gasteiger partial charge is 0.388 e. The first-order valence-electron chi connectivity index (χ1n) is 4.15. The average Bonchev–Trinajstić information content (AvgIpc) is 2.04. The summed E-state index contributed by atoms with van der Waals surface area (Å²) in [5.74, 6) is 0.621. The number of hydrogen-bond donors (Lipinski definition) is 1. The van der Waals surface area contributed by atoms with Crippen molar-refractivity contribution in [3.05, 3.63) is 34.3 Å². The third kappa shape index (κ3) is 3.19. The summed E-state index contributed by atoms with van der Waals surface area (Å²) >= 11 is 3.38. The highest BCUT2D eigenvalue weighted by atomic mass is 79.9. The van der Waals surface area contributed by atoms with E-state index in [1.54, 1.807) is 6.92 Å². The van der Waals surface area contributed by atoms with E-state index in [9.17, 15) is 0 Å². The molecule has 0 aliphatic heterocycles. The molecule has 0 aliphatic rings. The van der Waals surface area contributed by atoms with Gasteiger partial charge in [0.1, 0.15) is 0 Å². The fourth-order valence-corrected chi connectivity index (χ4v) is 1.39. The molecule has 1 aromatic rings. The van der Waals surface area contributed by atoms with Gasteiger partial charge >= 0.3 is 0 Å². The summed E-state index contributed by atoms with van der Waals surface area (Å²) in [5.41, 5.74) is 6.68. The predicted molar refractivity (Wildman–Crippen MR) is 59.9 cm³/mol. The van der Waals surface area contributed by atoms with E-state index in [4.69, 9.17) is 5.73 Å². The molecule has 3 heteroatoms. The molecule has 2 nitrogen and oxygen atoms in total. The fourth-order valence-electron chi connectivity index (χ4n) is 1.12. The quantitative estimate of drug-likeness (QED) is 0.627. The van der Waals surface area contributed by atoms with E-state index in [0.717, 1.165) is 4.47 Å². The molecule has 0 spiro atoms. The van der Waals surface area contributed by atoms with Gasteiger partial charge in [-0.1, -0.05) is 28.1 Å². The van der Waals surface area contributed by atoms with E-state index in [1.807, 2.05) is 31.2 Å². The molecule has 0 fully saturated rings. The van der Waals surface area contributed by atoms with E-state index in [0.29, 0.717) is 5.84 Å². The number of halogens is 1. The molecule has 0 heterocycles. The molecule has 0 bridgehead atoms. The van der Waals surface area contributed by atoms with Crippen molar-refractivity contribution in [1.82, 2.24) is 0 Å². The maximum atomic E-state index is 5.50. The summed E-state index contributed by atoms with van der Waals surface area (Å²) in [4.78, 5) is 4.26. The maximum absolute atomic E-state index is 5.50. The van der Waals surface area contributed by atoms with Crippen molar-refractivity contribution in [3.8, 4) is 0 Å². The summed E-state index contributed by atoms with van der Waals surface area (Å²) in [6, 6.07) is 8.24. The predicted octanol–water partition coefficient (Wildman–Crippen LogP) is 2.89. The zero-order valence-electron chi connectivity index (χ0n) is 7.79.